The van der Waals surface area contributed by atoms with Crippen molar-refractivity contribution in [3.8, 4) is 5.69 Å². The molecule has 1 N–H and O–H groups in total. The minimum atomic E-state index is -0.510. The molecule has 0 aliphatic carbocycles. The third-order valence-corrected chi connectivity index (χ3v) is 3.76. The van der Waals surface area contributed by atoms with Gasteiger partial charge < -0.3 is 9.84 Å². The van der Waals surface area contributed by atoms with Gasteiger partial charge in [-0.25, -0.2) is 4.68 Å². The number of hydrogen-bond donors (Lipinski definition) is 1. The molecular formula is C16H20N2O2. The second-order valence-electron chi connectivity index (χ2n) is 5.25. The lowest BCUT2D eigenvalue weighted by Crippen LogP contribution is -2.08. The van der Waals surface area contributed by atoms with E-state index in [1.54, 1.807) is 4.68 Å². The fourth-order valence-electron chi connectivity index (χ4n) is 2.60. The van der Waals surface area contributed by atoms with Crippen molar-refractivity contribution in [2.24, 2.45) is 0 Å². The summed E-state index contributed by atoms with van der Waals surface area (Å²) in [5.41, 5.74) is 1.73. The van der Waals surface area contributed by atoms with Crippen LogP contribution in [0, 0.1) is 0 Å². The molecule has 0 bridgehead atoms. The fourth-order valence-corrected chi connectivity index (χ4v) is 2.60. The lowest BCUT2D eigenvalue weighted by molar-refractivity contribution is 0.0801. The Morgan fingerprint density at radius 3 is 2.90 bits per heavy atom. The normalized spacial score (nSPS) is 20.1. The van der Waals surface area contributed by atoms with Gasteiger partial charge >= 0.3 is 0 Å². The van der Waals surface area contributed by atoms with Gasteiger partial charge in [0.2, 0.25) is 0 Å². The number of aliphatic hydroxyl groups excluding tert-OH is 1. The SMILES string of the molecule is OC(CCC1CCCO1)c1ccn(-c2ccccc2)n1. The molecule has 1 saturated heterocycles. The predicted octanol–water partition coefficient (Wildman–Crippen LogP) is 2.86. The standard InChI is InChI=1S/C16H20N2O2/c19-16(9-8-14-7-4-12-20-14)15-10-11-18(17-15)13-5-2-1-3-6-13/h1-3,5-6,10-11,14,16,19H,4,7-9,12H2. The maximum absolute atomic E-state index is 10.2. The molecule has 4 heteroatoms. The van der Waals surface area contributed by atoms with Crippen LogP contribution in [0.5, 0.6) is 0 Å². The molecule has 4 nitrogen and oxygen atoms in total. The van der Waals surface area contributed by atoms with E-state index < -0.39 is 6.10 Å². The van der Waals surface area contributed by atoms with Gasteiger partial charge in [0, 0.05) is 12.8 Å². The van der Waals surface area contributed by atoms with Crippen LogP contribution in [0.25, 0.3) is 5.69 Å². The molecule has 1 aliphatic heterocycles. The molecule has 0 spiro atoms. The fraction of sp³-hybridized carbons (Fsp3) is 0.438. The van der Waals surface area contributed by atoms with Crippen molar-refractivity contribution >= 4 is 0 Å². The lowest BCUT2D eigenvalue weighted by Gasteiger charge is -2.12. The minimum absolute atomic E-state index is 0.320. The zero-order chi connectivity index (χ0) is 13.8. The van der Waals surface area contributed by atoms with Crippen LogP contribution < -0.4 is 0 Å². The van der Waals surface area contributed by atoms with Crippen molar-refractivity contribution in [3.05, 3.63) is 48.3 Å². The highest BCUT2D eigenvalue weighted by Gasteiger charge is 2.18. The van der Waals surface area contributed by atoms with Crippen LogP contribution in [0.4, 0.5) is 0 Å². The number of rotatable bonds is 5. The molecule has 106 valence electrons. The summed E-state index contributed by atoms with van der Waals surface area (Å²) in [6.07, 6.45) is 5.56. The van der Waals surface area contributed by atoms with Crippen LogP contribution in [0.15, 0.2) is 42.6 Å². The molecule has 0 saturated carbocycles. The molecule has 2 unspecified atom stereocenters. The van der Waals surface area contributed by atoms with Crippen LogP contribution in [-0.2, 0) is 4.74 Å². The summed E-state index contributed by atoms with van der Waals surface area (Å²) in [5, 5.41) is 14.7. The van der Waals surface area contributed by atoms with E-state index in [2.05, 4.69) is 5.10 Å². The third kappa shape index (κ3) is 3.08. The zero-order valence-corrected chi connectivity index (χ0v) is 11.5. The maximum atomic E-state index is 10.2. The zero-order valence-electron chi connectivity index (χ0n) is 11.5. The Balaban J connectivity index is 1.61. The first-order valence-corrected chi connectivity index (χ1v) is 7.23. The van der Waals surface area contributed by atoms with Gasteiger partial charge in [-0.05, 0) is 43.9 Å². The number of benzene rings is 1. The van der Waals surface area contributed by atoms with E-state index in [4.69, 9.17) is 4.74 Å². The van der Waals surface area contributed by atoms with Gasteiger partial charge in [-0.15, -0.1) is 0 Å². The van der Waals surface area contributed by atoms with E-state index in [0.717, 1.165) is 37.3 Å². The third-order valence-electron chi connectivity index (χ3n) is 3.76. The smallest absolute Gasteiger partial charge is 0.0979 e. The van der Waals surface area contributed by atoms with Crippen molar-refractivity contribution in [2.45, 2.75) is 37.9 Å². The Hall–Kier alpha value is -1.65. The second-order valence-corrected chi connectivity index (χ2v) is 5.25. The Morgan fingerprint density at radius 2 is 2.15 bits per heavy atom. The van der Waals surface area contributed by atoms with Gasteiger partial charge in [-0.2, -0.15) is 5.10 Å². The highest BCUT2D eigenvalue weighted by Crippen LogP contribution is 2.23. The van der Waals surface area contributed by atoms with E-state index in [1.807, 2.05) is 42.6 Å². The van der Waals surface area contributed by atoms with Crippen molar-refractivity contribution in [1.29, 1.82) is 0 Å². The van der Waals surface area contributed by atoms with Crippen molar-refractivity contribution < 1.29 is 9.84 Å². The average molecular weight is 272 g/mol. The van der Waals surface area contributed by atoms with Crippen LogP contribution in [0.2, 0.25) is 0 Å². The van der Waals surface area contributed by atoms with Crippen molar-refractivity contribution in [3.63, 3.8) is 0 Å². The molecule has 3 rings (SSSR count). The van der Waals surface area contributed by atoms with Gasteiger partial charge in [0.1, 0.15) is 0 Å². The molecule has 2 aromatic rings. The summed E-state index contributed by atoms with van der Waals surface area (Å²) in [6.45, 7) is 0.864. The average Bonchev–Trinajstić information content (AvgIpc) is 3.17. The van der Waals surface area contributed by atoms with E-state index in [-0.39, 0.29) is 0 Å². The van der Waals surface area contributed by atoms with Gasteiger partial charge in [0.15, 0.2) is 0 Å². The summed E-state index contributed by atoms with van der Waals surface area (Å²) in [6, 6.07) is 11.8. The van der Waals surface area contributed by atoms with Gasteiger partial charge in [0.05, 0.1) is 23.6 Å². The van der Waals surface area contributed by atoms with Crippen LogP contribution >= 0.6 is 0 Å². The minimum Gasteiger partial charge on any atom is -0.387 e. The Bertz CT molecular complexity index is 532. The molecule has 1 aromatic carbocycles. The summed E-state index contributed by atoms with van der Waals surface area (Å²) < 4.78 is 7.37. The molecule has 0 radical (unpaired) electrons. The molecule has 1 aromatic heterocycles. The Kier molecular flexibility index (Phi) is 4.14. The van der Waals surface area contributed by atoms with E-state index in [9.17, 15) is 5.11 Å². The summed E-state index contributed by atoms with van der Waals surface area (Å²) in [5.74, 6) is 0. The van der Waals surface area contributed by atoms with Gasteiger partial charge in [-0.3, -0.25) is 0 Å². The first-order chi connectivity index (χ1) is 9.83. The lowest BCUT2D eigenvalue weighted by atomic mass is 10.1. The summed E-state index contributed by atoms with van der Waals surface area (Å²) in [4.78, 5) is 0. The van der Waals surface area contributed by atoms with Gasteiger partial charge in [0.25, 0.3) is 0 Å². The molecule has 2 atom stereocenters. The second kappa shape index (κ2) is 6.20. The van der Waals surface area contributed by atoms with Crippen molar-refractivity contribution in [1.82, 2.24) is 9.78 Å². The maximum Gasteiger partial charge on any atom is 0.0979 e. The van der Waals surface area contributed by atoms with Gasteiger partial charge in [-0.1, -0.05) is 18.2 Å². The van der Waals surface area contributed by atoms with Crippen molar-refractivity contribution in [2.75, 3.05) is 6.61 Å². The number of para-hydroxylation sites is 1. The topological polar surface area (TPSA) is 47.3 Å². The monoisotopic (exact) mass is 272 g/mol. The summed E-state index contributed by atoms with van der Waals surface area (Å²) >= 11 is 0. The number of nitrogens with zero attached hydrogens (tertiary/aromatic N) is 2. The molecule has 0 amide bonds. The first-order valence-electron chi connectivity index (χ1n) is 7.23. The highest BCUT2D eigenvalue weighted by atomic mass is 16.5. The Morgan fingerprint density at radius 1 is 1.30 bits per heavy atom. The molecule has 20 heavy (non-hydrogen) atoms. The number of aliphatic hydroxyl groups is 1. The number of hydrogen-bond acceptors (Lipinski definition) is 3. The predicted molar refractivity (Wildman–Crippen MR) is 76.7 cm³/mol. The molecular weight excluding hydrogens is 252 g/mol. The quantitative estimate of drug-likeness (QED) is 0.910. The van der Waals surface area contributed by atoms with Crippen LogP contribution in [0.3, 0.4) is 0 Å². The summed E-state index contributed by atoms with van der Waals surface area (Å²) in [7, 11) is 0. The van der Waals surface area contributed by atoms with Crippen LogP contribution in [-0.4, -0.2) is 27.6 Å². The Labute approximate surface area is 119 Å². The van der Waals surface area contributed by atoms with Crippen LogP contribution in [0.1, 0.15) is 37.5 Å². The molecule has 1 fully saturated rings. The molecule has 1 aliphatic rings. The highest BCUT2D eigenvalue weighted by molar-refractivity contribution is 5.30. The molecule has 2 heterocycles. The number of aromatic nitrogens is 2. The first kappa shape index (κ1) is 13.3. The van der Waals surface area contributed by atoms with E-state index in [1.165, 1.54) is 0 Å². The van der Waals surface area contributed by atoms with E-state index in [0.29, 0.717) is 12.5 Å². The number of ether oxygens (including phenoxy) is 1. The van der Waals surface area contributed by atoms with E-state index >= 15 is 0 Å². The largest absolute Gasteiger partial charge is 0.387 e.